The average molecular weight is 140 g/mol. The van der Waals surface area contributed by atoms with Gasteiger partial charge in [0.25, 0.3) is 0 Å². The molecule has 1 fully saturated rings. The van der Waals surface area contributed by atoms with Crippen LogP contribution in [-0.4, -0.2) is 18.5 Å². The maximum absolute atomic E-state index is 10.9. The molecule has 0 aromatic heterocycles. The lowest BCUT2D eigenvalue weighted by molar-refractivity contribution is -0.124. The highest BCUT2D eigenvalue weighted by atomic mass is 16.2. The average Bonchev–Trinajstić information content (AvgIpc) is 1.95. The zero-order valence-corrected chi connectivity index (χ0v) is 5.84. The highest BCUT2D eigenvalue weighted by molar-refractivity contribution is 5.82. The number of hydrogen-bond donors (Lipinski definition) is 2. The third-order valence-corrected chi connectivity index (χ3v) is 1.84. The van der Waals surface area contributed by atoms with E-state index >= 15 is 0 Å². The van der Waals surface area contributed by atoms with E-state index < -0.39 is 0 Å². The summed E-state index contributed by atoms with van der Waals surface area (Å²) in [4.78, 5) is 10.9. The van der Waals surface area contributed by atoms with E-state index in [2.05, 4.69) is 11.9 Å². The number of hydrogen-bond acceptors (Lipinski definition) is 2. The first-order valence-corrected chi connectivity index (χ1v) is 3.41. The minimum absolute atomic E-state index is 0.0591. The minimum Gasteiger partial charge on any atom is -0.355 e. The highest BCUT2D eigenvalue weighted by Crippen LogP contribution is 2.11. The van der Waals surface area contributed by atoms with Crippen LogP contribution in [0, 0.1) is 5.92 Å². The fourth-order valence-electron chi connectivity index (χ4n) is 1.12. The van der Waals surface area contributed by atoms with Gasteiger partial charge in [0, 0.05) is 12.5 Å². The lowest BCUT2D eigenvalue weighted by Crippen LogP contribution is -2.50. The molecule has 3 N–H and O–H groups in total. The van der Waals surface area contributed by atoms with Gasteiger partial charge in [-0.1, -0.05) is 6.08 Å². The van der Waals surface area contributed by atoms with E-state index in [1.54, 1.807) is 6.08 Å². The Hall–Kier alpha value is -0.830. The molecular formula is C7H12N2O. The summed E-state index contributed by atoms with van der Waals surface area (Å²) in [6.45, 7) is 4.33. The highest BCUT2D eigenvalue weighted by Gasteiger charge is 2.25. The third-order valence-electron chi connectivity index (χ3n) is 1.84. The fraction of sp³-hybridized carbons (Fsp3) is 0.571. The third kappa shape index (κ3) is 1.19. The van der Waals surface area contributed by atoms with Gasteiger partial charge in [0.05, 0.1) is 6.04 Å². The Kier molecular flexibility index (Phi) is 2.06. The number of carbonyl (C=O) groups is 1. The summed E-state index contributed by atoms with van der Waals surface area (Å²) in [5.41, 5.74) is 5.55. The molecule has 0 bridgehead atoms. The predicted octanol–water partition coefficient (Wildman–Crippen LogP) is -0.364. The molecule has 1 heterocycles. The van der Waals surface area contributed by atoms with Crippen LogP contribution in [0.1, 0.15) is 6.42 Å². The van der Waals surface area contributed by atoms with Crippen LogP contribution >= 0.6 is 0 Å². The van der Waals surface area contributed by atoms with Crippen molar-refractivity contribution in [3.63, 3.8) is 0 Å². The number of carbonyl (C=O) groups excluding carboxylic acids is 1. The Morgan fingerprint density at radius 3 is 3.00 bits per heavy atom. The lowest BCUT2D eigenvalue weighted by atomic mass is 9.93. The maximum atomic E-state index is 10.9. The Morgan fingerprint density at radius 2 is 2.50 bits per heavy atom. The number of piperidine rings is 1. The number of amides is 1. The molecule has 0 saturated carbocycles. The largest absolute Gasteiger partial charge is 0.355 e. The smallest absolute Gasteiger partial charge is 0.237 e. The van der Waals surface area contributed by atoms with E-state index in [9.17, 15) is 4.79 Å². The molecule has 56 valence electrons. The van der Waals surface area contributed by atoms with Crippen LogP contribution in [0.4, 0.5) is 0 Å². The summed E-state index contributed by atoms with van der Waals surface area (Å²) in [5.74, 6) is 0.102. The van der Waals surface area contributed by atoms with E-state index in [-0.39, 0.29) is 17.9 Å². The summed E-state index contributed by atoms with van der Waals surface area (Å²) < 4.78 is 0. The van der Waals surface area contributed by atoms with Crippen LogP contribution < -0.4 is 11.1 Å². The van der Waals surface area contributed by atoms with Gasteiger partial charge >= 0.3 is 0 Å². The first-order valence-electron chi connectivity index (χ1n) is 3.41. The van der Waals surface area contributed by atoms with Crippen LogP contribution in [0.15, 0.2) is 12.7 Å². The van der Waals surface area contributed by atoms with E-state index in [0.717, 1.165) is 13.0 Å². The first-order chi connectivity index (χ1) is 4.75. The molecule has 1 aliphatic rings. The normalized spacial score (nSPS) is 33.1. The van der Waals surface area contributed by atoms with Crippen molar-refractivity contribution >= 4 is 5.91 Å². The van der Waals surface area contributed by atoms with E-state index in [4.69, 9.17) is 5.73 Å². The molecule has 1 aliphatic heterocycles. The van der Waals surface area contributed by atoms with Gasteiger partial charge in [-0.3, -0.25) is 4.79 Å². The molecule has 1 rings (SSSR count). The Balaban J connectivity index is 2.59. The van der Waals surface area contributed by atoms with Gasteiger partial charge in [0.15, 0.2) is 0 Å². The second-order valence-corrected chi connectivity index (χ2v) is 2.51. The van der Waals surface area contributed by atoms with Gasteiger partial charge in [-0.05, 0) is 6.42 Å². The zero-order valence-electron chi connectivity index (χ0n) is 5.84. The summed E-state index contributed by atoms with van der Waals surface area (Å²) in [6.07, 6.45) is 2.67. The molecule has 3 heteroatoms. The van der Waals surface area contributed by atoms with Gasteiger partial charge in [-0.25, -0.2) is 0 Å². The van der Waals surface area contributed by atoms with Crippen LogP contribution in [0.2, 0.25) is 0 Å². The second-order valence-electron chi connectivity index (χ2n) is 2.51. The summed E-state index contributed by atoms with van der Waals surface area (Å²) in [7, 11) is 0. The van der Waals surface area contributed by atoms with Crippen LogP contribution in [-0.2, 0) is 4.79 Å². The molecule has 3 nitrogen and oxygen atoms in total. The molecule has 0 spiro atoms. The molecule has 2 unspecified atom stereocenters. The first kappa shape index (κ1) is 7.28. The summed E-state index contributed by atoms with van der Waals surface area (Å²) in [6, 6.07) is -0.383. The van der Waals surface area contributed by atoms with Crippen molar-refractivity contribution in [2.24, 2.45) is 11.7 Å². The predicted molar refractivity (Wildman–Crippen MR) is 39.3 cm³/mol. The minimum atomic E-state index is -0.383. The van der Waals surface area contributed by atoms with Gasteiger partial charge in [-0.2, -0.15) is 0 Å². The zero-order chi connectivity index (χ0) is 7.56. The monoisotopic (exact) mass is 140 g/mol. The van der Waals surface area contributed by atoms with Crippen molar-refractivity contribution in [3.8, 4) is 0 Å². The molecular weight excluding hydrogens is 128 g/mol. The second kappa shape index (κ2) is 2.84. The van der Waals surface area contributed by atoms with Gasteiger partial charge < -0.3 is 11.1 Å². The Labute approximate surface area is 60.3 Å². The van der Waals surface area contributed by atoms with Gasteiger partial charge in [0.1, 0.15) is 0 Å². The van der Waals surface area contributed by atoms with Crippen LogP contribution in [0.25, 0.3) is 0 Å². The van der Waals surface area contributed by atoms with E-state index in [1.165, 1.54) is 0 Å². The van der Waals surface area contributed by atoms with E-state index in [0.29, 0.717) is 0 Å². The number of nitrogens with one attached hydrogen (secondary N) is 1. The van der Waals surface area contributed by atoms with Crippen molar-refractivity contribution in [1.29, 1.82) is 0 Å². The molecule has 2 atom stereocenters. The van der Waals surface area contributed by atoms with Gasteiger partial charge in [0.2, 0.25) is 5.91 Å². The van der Waals surface area contributed by atoms with Crippen molar-refractivity contribution in [3.05, 3.63) is 12.7 Å². The molecule has 0 aliphatic carbocycles. The van der Waals surface area contributed by atoms with Crippen LogP contribution in [0.3, 0.4) is 0 Å². The molecule has 1 saturated heterocycles. The number of rotatable bonds is 1. The fourth-order valence-corrected chi connectivity index (χ4v) is 1.12. The Morgan fingerprint density at radius 1 is 1.80 bits per heavy atom. The quantitative estimate of drug-likeness (QED) is 0.488. The lowest BCUT2D eigenvalue weighted by Gasteiger charge is -2.25. The molecule has 10 heavy (non-hydrogen) atoms. The topological polar surface area (TPSA) is 55.1 Å². The van der Waals surface area contributed by atoms with Crippen molar-refractivity contribution in [2.75, 3.05) is 6.54 Å². The van der Waals surface area contributed by atoms with Gasteiger partial charge in [-0.15, -0.1) is 6.58 Å². The molecule has 1 amide bonds. The molecule has 0 aromatic rings. The van der Waals surface area contributed by atoms with Crippen molar-refractivity contribution in [1.82, 2.24) is 5.32 Å². The standard InChI is InChI=1S/C7H12N2O/c1-2-5-3-4-9-7(10)6(5)8/h2,5-6H,1,3-4,8H2,(H,9,10). The Bertz CT molecular complexity index is 156. The SMILES string of the molecule is C=CC1CCNC(=O)C1N. The number of nitrogens with two attached hydrogens (primary N) is 1. The van der Waals surface area contributed by atoms with Crippen LogP contribution in [0.5, 0.6) is 0 Å². The summed E-state index contributed by atoms with van der Waals surface area (Å²) >= 11 is 0. The molecule has 0 radical (unpaired) electrons. The maximum Gasteiger partial charge on any atom is 0.237 e. The van der Waals surface area contributed by atoms with Crippen molar-refractivity contribution < 1.29 is 4.79 Å². The van der Waals surface area contributed by atoms with Crippen molar-refractivity contribution in [2.45, 2.75) is 12.5 Å². The summed E-state index contributed by atoms with van der Waals surface area (Å²) in [5, 5.41) is 2.68. The van der Waals surface area contributed by atoms with E-state index in [1.807, 2.05) is 0 Å². The molecule has 0 aromatic carbocycles.